The molecule has 0 aliphatic carbocycles. The van der Waals surface area contributed by atoms with E-state index in [1.54, 1.807) is 35.6 Å². The van der Waals surface area contributed by atoms with Crippen molar-refractivity contribution in [1.82, 2.24) is 14.7 Å². The van der Waals surface area contributed by atoms with Gasteiger partial charge in [0.15, 0.2) is 10.7 Å². The number of benzene rings is 1. The molecule has 0 radical (unpaired) electrons. The molecule has 3 rings (SSSR count). The standard InChI is InChI=1S/C19H19N3O3S/c1-13-11-18(25)22-15(12-26-19(22)21-13)9-10-20-17(24)8-7-16(23)14-5-3-2-4-6-14/h2-6,11-12H,7-10H2,1H3,(H,20,24). The first-order chi connectivity index (χ1) is 12.5. The first kappa shape index (κ1) is 18.0. The molecule has 0 bridgehead atoms. The zero-order valence-corrected chi connectivity index (χ0v) is 15.2. The summed E-state index contributed by atoms with van der Waals surface area (Å²) in [6.45, 7) is 2.20. The average molecular weight is 369 g/mol. The maximum atomic E-state index is 12.1. The number of fused-ring (bicyclic) bond motifs is 1. The number of aromatic nitrogens is 2. The molecule has 2 aromatic heterocycles. The number of amides is 1. The van der Waals surface area contributed by atoms with Gasteiger partial charge >= 0.3 is 0 Å². The van der Waals surface area contributed by atoms with Gasteiger partial charge in [0.05, 0.1) is 0 Å². The van der Waals surface area contributed by atoms with Crippen LogP contribution < -0.4 is 10.9 Å². The van der Waals surface area contributed by atoms with Crippen molar-refractivity contribution in [3.63, 3.8) is 0 Å². The Morgan fingerprint density at radius 2 is 1.96 bits per heavy atom. The molecular weight excluding hydrogens is 350 g/mol. The molecule has 6 nitrogen and oxygen atoms in total. The van der Waals surface area contributed by atoms with E-state index in [0.29, 0.717) is 29.2 Å². The summed E-state index contributed by atoms with van der Waals surface area (Å²) < 4.78 is 1.57. The highest BCUT2D eigenvalue weighted by atomic mass is 32.1. The number of ketones is 1. The fourth-order valence-corrected chi connectivity index (χ4v) is 3.65. The first-order valence-corrected chi connectivity index (χ1v) is 9.24. The number of carbonyl (C=O) groups is 2. The quantitative estimate of drug-likeness (QED) is 0.649. The van der Waals surface area contributed by atoms with Crippen molar-refractivity contribution in [3.8, 4) is 0 Å². The molecule has 0 unspecified atom stereocenters. The van der Waals surface area contributed by atoms with Crippen LogP contribution in [0.3, 0.4) is 0 Å². The van der Waals surface area contributed by atoms with Crippen molar-refractivity contribution >= 4 is 28.0 Å². The third-order valence-corrected chi connectivity index (χ3v) is 4.86. The van der Waals surface area contributed by atoms with Gasteiger partial charge in [-0.05, 0) is 6.92 Å². The summed E-state index contributed by atoms with van der Waals surface area (Å²) in [5, 5.41) is 4.68. The van der Waals surface area contributed by atoms with Crippen molar-refractivity contribution in [3.05, 3.63) is 69.1 Å². The topological polar surface area (TPSA) is 80.5 Å². The van der Waals surface area contributed by atoms with E-state index < -0.39 is 0 Å². The van der Waals surface area contributed by atoms with Gasteiger partial charge in [-0.3, -0.25) is 18.8 Å². The Kier molecular flexibility index (Phi) is 5.58. The van der Waals surface area contributed by atoms with Gasteiger partial charge in [-0.1, -0.05) is 30.3 Å². The molecule has 0 aliphatic rings. The summed E-state index contributed by atoms with van der Waals surface area (Å²) in [5.41, 5.74) is 2.03. The molecule has 134 valence electrons. The van der Waals surface area contributed by atoms with E-state index in [0.717, 1.165) is 5.69 Å². The van der Waals surface area contributed by atoms with E-state index in [9.17, 15) is 14.4 Å². The van der Waals surface area contributed by atoms with Crippen molar-refractivity contribution in [1.29, 1.82) is 0 Å². The molecule has 0 fully saturated rings. The number of aryl methyl sites for hydroxylation is 1. The summed E-state index contributed by atoms with van der Waals surface area (Å²) in [6, 6.07) is 10.4. The predicted molar refractivity (Wildman–Crippen MR) is 101 cm³/mol. The van der Waals surface area contributed by atoms with Gasteiger partial charge in [0.25, 0.3) is 5.56 Å². The van der Waals surface area contributed by atoms with E-state index in [1.165, 1.54) is 17.4 Å². The van der Waals surface area contributed by atoms with Crippen LogP contribution in [0.15, 0.2) is 46.6 Å². The van der Waals surface area contributed by atoms with Crippen molar-refractivity contribution < 1.29 is 9.59 Å². The monoisotopic (exact) mass is 369 g/mol. The van der Waals surface area contributed by atoms with Crippen molar-refractivity contribution in [2.75, 3.05) is 6.54 Å². The minimum absolute atomic E-state index is 0.0439. The van der Waals surface area contributed by atoms with Crippen LogP contribution in [0.5, 0.6) is 0 Å². The summed E-state index contributed by atoms with van der Waals surface area (Å²) in [5.74, 6) is -0.215. The van der Waals surface area contributed by atoms with Gasteiger partial charge < -0.3 is 5.32 Å². The van der Waals surface area contributed by atoms with Crippen molar-refractivity contribution in [2.45, 2.75) is 26.2 Å². The third kappa shape index (κ3) is 4.23. The predicted octanol–water partition coefficient (Wildman–Crippen LogP) is 2.39. The Morgan fingerprint density at radius 1 is 1.19 bits per heavy atom. The lowest BCUT2D eigenvalue weighted by Crippen LogP contribution is -2.27. The van der Waals surface area contributed by atoms with Crippen LogP contribution >= 0.6 is 11.3 Å². The van der Waals surface area contributed by atoms with Gasteiger partial charge in [-0.15, -0.1) is 11.3 Å². The number of nitrogens with one attached hydrogen (secondary N) is 1. The van der Waals surface area contributed by atoms with Crippen LogP contribution in [0.2, 0.25) is 0 Å². The number of thiazole rings is 1. The smallest absolute Gasteiger partial charge is 0.258 e. The molecule has 26 heavy (non-hydrogen) atoms. The molecule has 2 heterocycles. The SMILES string of the molecule is Cc1cc(=O)n2c(CCNC(=O)CCC(=O)c3ccccc3)csc2n1. The van der Waals surface area contributed by atoms with E-state index in [2.05, 4.69) is 10.3 Å². The minimum Gasteiger partial charge on any atom is -0.356 e. The second-order valence-corrected chi connectivity index (χ2v) is 6.81. The minimum atomic E-state index is -0.171. The largest absolute Gasteiger partial charge is 0.356 e. The number of nitrogens with zero attached hydrogens (tertiary/aromatic N) is 2. The zero-order valence-electron chi connectivity index (χ0n) is 14.4. The summed E-state index contributed by atoms with van der Waals surface area (Å²) in [4.78, 5) is 41.0. The third-order valence-electron chi connectivity index (χ3n) is 3.98. The van der Waals surface area contributed by atoms with Crippen LogP contribution in [-0.4, -0.2) is 27.6 Å². The molecule has 0 saturated carbocycles. The number of carbonyl (C=O) groups excluding carboxylic acids is 2. The molecular formula is C19H19N3O3S. The highest BCUT2D eigenvalue weighted by molar-refractivity contribution is 7.15. The summed E-state index contributed by atoms with van der Waals surface area (Å²) in [6.07, 6.45) is 0.863. The highest BCUT2D eigenvalue weighted by Gasteiger charge is 2.10. The van der Waals surface area contributed by atoms with Crippen LogP contribution in [0, 0.1) is 6.92 Å². The van der Waals surface area contributed by atoms with Crippen molar-refractivity contribution in [2.24, 2.45) is 0 Å². The van der Waals surface area contributed by atoms with Gasteiger partial charge in [0, 0.05) is 54.2 Å². The normalized spacial score (nSPS) is 10.8. The Balaban J connectivity index is 1.50. The number of Topliss-reactive ketones (excluding diaryl/α,β-unsaturated/α-hetero) is 1. The van der Waals surface area contributed by atoms with Gasteiger partial charge in [0.1, 0.15) is 0 Å². The van der Waals surface area contributed by atoms with E-state index in [4.69, 9.17) is 0 Å². The lowest BCUT2D eigenvalue weighted by atomic mass is 10.1. The maximum Gasteiger partial charge on any atom is 0.258 e. The second kappa shape index (κ2) is 8.05. The molecule has 0 atom stereocenters. The maximum absolute atomic E-state index is 12.1. The fraction of sp³-hybridized carbons (Fsp3) is 0.263. The average Bonchev–Trinajstić information content (AvgIpc) is 3.03. The number of hydrogen-bond donors (Lipinski definition) is 1. The Morgan fingerprint density at radius 3 is 2.73 bits per heavy atom. The molecule has 0 saturated heterocycles. The van der Waals surface area contributed by atoms with Crippen LogP contribution in [0.25, 0.3) is 4.96 Å². The van der Waals surface area contributed by atoms with Gasteiger partial charge in [-0.25, -0.2) is 4.98 Å². The molecule has 1 amide bonds. The molecule has 0 aliphatic heterocycles. The van der Waals surface area contributed by atoms with Crippen LogP contribution in [-0.2, 0) is 11.2 Å². The number of rotatable bonds is 7. The van der Waals surface area contributed by atoms with E-state index in [1.807, 2.05) is 11.4 Å². The first-order valence-electron chi connectivity index (χ1n) is 8.36. The van der Waals surface area contributed by atoms with E-state index >= 15 is 0 Å². The molecule has 0 spiro atoms. The van der Waals surface area contributed by atoms with E-state index in [-0.39, 0.29) is 30.1 Å². The Bertz CT molecular complexity index is 992. The molecule has 1 aromatic carbocycles. The summed E-state index contributed by atoms with van der Waals surface area (Å²) >= 11 is 1.41. The summed E-state index contributed by atoms with van der Waals surface area (Å²) in [7, 11) is 0. The second-order valence-electron chi connectivity index (χ2n) is 5.97. The zero-order chi connectivity index (χ0) is 18.5. The molecule has 1 N–H and O–H groups in total. The highest BCUT2D eigenvalue weighted by Crippen LogP contribution is 2.13. The molecule has 3 aromatic rings. The van der Waals surface area contributed by atoms with Crippen LogP contribution in [0.4, 0.5) is 0 Å². The lowest BCUT2D eigenvalue weighted by Gasteiger charge is -2.05. The molecule has 7 heteroatoms. The Hall–Kier alpha value is -2.80. The lowest BCUT2D eigenvalue weighted by molar-refractivity contribution is -0.121. The van der Waals surface area contributed by atoms with Crippen LogP contribution in [0.1, 0.15) is 34.6 Å². The number of hydrogen-bond acceptors (Lipinski definition) is 5. The fourth-order valence-electron chi connectivity index (χ4n) is 2.67. The van der Waals surface area contributed by atoms with Gasteiger partial charge in [0.2, 0.25) is 5.91 Å². The van der Waals surface area contributed by atoms with Gasteiger partial charge in [-0.2, -0.15) is 0 Å². The Labute approximate surface area is 154 Å².